The molecule has 164 valence electrons. The van der Waals surface area contributed by atoms with Gasteiger partial charge in [0.15, 0.2) is 0 Å². The van der Waals surface area contributed by atoms with E-state index in [1.165, 1.54) is 0 Å². The van der Waals surface area contributed by atoms with Gasteiger partial charge < -0.3 is 24.8 Å². The topological polar surface area (TPSA) is 0 Å². The second kappa shape index (κ2) is 29.0. The zero-order valence-corrected chi connectivity index (χ0v) is 21.7. The van der Waals surface area contributed by atoms with E-state index in [4.69, 9.17) is 0 Å². The van der Waals surface area contributed by atoms with Crippen molar-refractivity contribution >= 4 is 8.19 Å². The molecule has 0 nitrogen and oxygen atoms in total. The molecule has 0 saturated carbocycles. The summed E-state index contributed by atoms with van der Waals surface area (Å²) in [6, 6.07) is 41.5. The Kier molecular flexibility index (Phi) is 31.3. The van der Waals surface area contributed by atoms with Gasteiger partial charge in [0.1, 0.15) is 0 Å². The van der Waals surface area contributed by atoms with Crippen LogP contribution in [-0.4, -0.2) is 0 Å². The number of hydrogen-bond donors (Lipinski definition) is 0. The van der Waals surface area contributed by atoms with Gasteiger partial charge in [-0.1, -0.05) is 0 Å². The minimum absolute atomic E-state index is 0. The molecule has 0 fully saturated rings. The quantitative estimate of drug-likeness (QED) is 0.249. The fraction of sp³-hybridized carbons (Fsp3) is 0. The van der Waals surface area contributed by atoms with Crippen LogP contribution in [0.5, 0.6) is 0 Å². The van der Waals surface area contributed by atoms with Crippen molar-refractivity contribution in [1.29, 1.82) is 0 Å². The molecule has 4 aromatic rings. The summed E-state index contributed by atoms with van der Waals surface area (Å²) in [4.78, 5) is 0. The van der Waals surface area contributed by atoms with Gasteiger partial charge in [0.25, 0.3) is 0 Å². The molecule has 0 saturated heterocycles. The van der Waals surface area contributed by atoms with Crippen molar-refractivity contribution in [3.05, 3.63) is 169 Å². The molecule has 0 N–H and O–H groups in total. The molecule has 1 aliphatic carbocycles. The van der Waals surface area contributed by atoms with Gasteiger partial charge in [-0.2, -0.15) is 157 Å². The average molecular weight is 510 g/mol. The van der Waals surface area contributed by atoms with Crippen LogP contribution >= 0.6 is 8.19 Å². The van der Waals surface area contributed by atoms with E-state index >= 15 is 0 Å². The van der Waals surface area contributed by atoms with E-state index in [0.29, 0.717) is 0 Å². The summed E-state index contributed by atoms with van der Waals surface area (Å²) in [6.45, 7) is 3.62. The van der Waals surface area contributed by atoms with E-state index in [9.17, 15) is 0 Å². The van der Waals surface area contributed by atoms with E-state index in [2.05, 4.69) is 42.5 Å². The van der Waals surface area contributed by atoms with Crippen molar-refractivity contribution in [2.75, 3.05) is 0 Å². The minimum atomic E-state index is 0. The number of halogens is 2. The standard InChI is InChI=1S/4C6H5.C4H4P.2ClH.Ti/c1-6-4-2-3-5-6;3*1-2-4-6-5-3-1;1-2-4-5-3-1;;;/h2-4H,1H2;3*1-5H;1-3,5H;2*1H;/q5*-1;;;+2/p-2. The Morgan fingerprint density at radius 2 is 1.03 bits per heavy atom. The Morgan fingerprint density at radius 1 is 0.594 bits per heavy atom. The maximum atomic E-state index is 3.62. The molecule has 5 rings (SSSR count). The maximum absolute atomic E-state index is 3.62. The van der Waals surface area contributed by atoms with Crippen molar-refractivity contribution in [2.24, 2.45) is 0 Å². The van der Waals surface area contributed by atoms with Gasteiger partial charge in [-0.15, -0.1) is 6.08 Å². The number of hydrogen-bond acceptors (Lipinski definition) is 0. The second-order valence-electron chi connectivity index (χ2n) is 5.24. The van der Waals surface area contributed by atoms with Crippen LogP contribution < -0.4 is 24.8 Å². The first kappa shape index (κ1) is 34.6. The molecule has 1 unspecified atom stereocenters. The molecule has 1 heterocycles. The average Bonchev–Trinajstić information content (AvgIpc) is 3.56. The molecule has 0 bridgehead atoms. The molecule has 1 atom stereocenters. The molecular weight excluding hydrogens is 486 g/mol. The fourth-order valence-corrected chi connectivity index (χ4v) is 2.12. The molecule has 4 heteroatoms. The van der Waals surface area contributed by atoms with Crippen LogP contribution in [0.25, 0.3) is 0 Å². The van der Waals surface area contributed by atoms with Crippen molar-refractivity contribution in [2.45, 2.75) is 0 Å². The van der Waals surface area contributed by atoms with Gasteiger partial charge >= 0.3 is 21.7 Å². The summed E-state index contributed by atoms with van der Waals surface area (Å²) in [5.41, 5.74) is 0.968. The third-order valence-electron chi connectivity index (χ3n) is 2.93. The van der Waals surface area contributed by atoms with Gasteiger partial charge in [0, 0.05) is 0 Å². The Balaban J connectivity index is -0.000000321. The summed E-state index contributed by atoms with van der Waals surface area (Å²) in [6.07, 6.45) is 8.57. The molecule has 0 spiro atoms. The van der Waals surface area contributed by atoms with Crippen LogP contribution in [0.15, 0.2) is 139 Å². The SMILES string of the molecule is C=C1[C-]=CC=C1.[Cl-].[Cl-].[Ti+2].[c-]1ccc[pH]1.[c-]1ccccc1.[c-]1ccccc1.[c-]1ccccc1. The van der Waals surface area contributed by atoms with Crippen LogP contribution in [0.2, 0.25) is 0 Å². The van der Waals surface area contributed by atoms with Gasteiger partial charge in [-0.05, 0) is 0 Å². The monoisotopic (exact) mass is 509 g/mol. The van der Waals surface area contributed by atoms with E-state index in [0.717, 1.165) is 13.8 Å². The predicted molar refractivity (Wildman–Crippen MR) is 127 cm³/mol. The summed E-state index contributed by atoms with van der Waals surface area (Å²) in [5, 5.41) is 0. The summed E-state index contributed by atoms with van der Waals surface area (Å²) in [7, 11) is 0.823. The zero-order valence-electron chi connectivity index (χ0n) is 17.6. The van der Waals surface area contributed by atoms with Crippen LogP contribution in [0.3, 0.4) is 0 Å². The maximum Gasteiger partial charge on any atom is 2.00 e. The number of allylic oxidation sites excluding steroid dienone is 5. The summed E-state index contributed by atoms with van der Waals surface area (Å²) < 4.78 is 0. The Bertz CT molecular complexity index is 677. The Hall–Kier alpha value is -2.05. The molecule has 0 amide bonds. The van der Waals surface area contributed by atoms with Crippen molar-refractivity contribution < 1.29 is 46.5 Å². The normalized spacial score (nSPS) is 9.19. The predicted octanol–water partition coefficient (Wildman–Crippen LogP) is 1.46. The van der Waals surface area contributed by atoms with E-state index in [1.54, 1.807) is 0 Å². The zero-order chi connectivity index (χ0) is 20.7. The van der Waals surface area contributed by atoms with Crippen molar-refractivity contribution in [1.82, 2.24) is 0 Å². The minimum Gasteiger partial charge on any atom is -1.00 e. The first-order chi connectivity index (χ1) is 14.4. The smallest absolute Gasteiger partial charge is 1.00 e. The molecule has 32 heavy (non-hydrogen) atoms. The van der Waals surface area contributed by atoms with Crippen LogP contribution in [-0.2, 0) is 21.7 Å². The molecule has 0 radical (unpaired) electrons. The molecular formula is C28H24Cl2PTi-5. The molecule has 3 aromatic carbocycles. The van der Waals surface area contributed by atoms with E-state index in [-0.39, 0.29) is 46.5 Å². The van der Waals surface area contributed by atoms with Gasteiger partial charge in [-0.25, -0.2) is 6.07 Å². The van der Waals surface area contributed by atoms with E-state index in [1.807, 2.05) is 121 Å². The summed E-state index contributed by atoms with van der Waals surface area (Å²) >= 11 is 0. The second-order valence-corrected chi connectivity index (χ2v) is 6.15. The van der Waals surface area contributed by atoms with Crippen molar-refractivity contribution in [3.8, 4) is 0 Å². The molecule has 1 aromatic heterocycles. The first-order valence-electron chi connectivity index (χ1n) is 9.07. The van der Waals surface area contributed by atoms with Crippen LogP contribution in [0.4, 0.5) is 0 Å². The number of rotatable bonds is 0. The third-order valence-corrected chi connectivity index (χ3v) is 3.62. The van der Waals surface area contributed by atoms with Gasteiger partial charge in [0.05, 0.1) is 0 Å². The number of benzene rings is 3. The van der Waals surface area contributed by atoms with E-state index < -0.39 is 0 Å². The van der Waals surface area contributed by atoms with Crippen molar-refractivity contribution in [3.63, 3.8) is 0 Å². The Labute approximate surface area is 223 Å². The fourth-order valence-electron chi connectivity index (χ4n) is 1.63. The largest absolute Gasteiger partial charge is 2.00 e. The molecule has 0 aliphatic heterocycles. The van der Waals surface area contributed by atoms with Gasteiger partial charge in [0.2, 0.25) is 0 Å². The third kappa shape index (κ3) is 26.0. The first-order valence-corrected chi connectivity index (χ1v) is 10.2. The van der Waals surface area contributed by atoms with Crippen LogP contribution in [0.1, 0.15) is 0 Å². The van der Waals surface area contributed by atoms with Gasteiger partial charge in [-0.3, -0.25) is 8.19 Å². The Morgan fingerprint density at radius 3 is 1.12 bits per heavy atom. The molecule has 1 aliphatic rings. The summed E-state index contributed by atoms with van der Waals surface area (Å²) in [5.74, 6) is 5.11. The van der Waals surface area contributed by atoms with Crippen LogP contribution in [0, 0.1) is 30.1 Å².